The highest BCUT2D eigenvalue weighted by molar-refractivity contribution is 6.34. The summed E-state index contributed by atoms with van der Waals surface area (Å²) in [5.41, 5.74) is 3.08. The number of aliphatic hydroxyl groups is 1. The number of amides is 1. The van der Waals surface area contributed by atoms with Crippen LogP contribution in [0, 0.1) is 18.8 Å². The highest BCUT2D eigenvalue weighted by atomic mass is 35.5. The number of hydrogen-bond donors (Lipinski definition) is 2. The normalized spacial score (nSPS) is 24.7. The minimum Gasteiger partial charge on any atom is -0.507 e. The first kappa shape index (κ1) is 27.5. The second kappa shape index (κ2) is 10.7. The number of aliphatic hydroxyl groups excluding tert-OH is 1. The Kier molecular flexibility index (Phi) is 7.93. The maximum absolute atomic E-state index is 13.1. The van der Waals surface area contributed by atoms with Gasteiger partial charge in [-0.05, 0) is 93.1 Å². The van der Waals surface area contributed by atoms with Crippen molar-refractivity contribution in [1.82, 2.24) is 4.90 Å². The summed E-state index contributed by atoms with van der Waals surface area (Å²) in [5, 5.41) is 14.7. The Morgan fingerprint density at radius 2 is 1.92 bits per heavy atom. The molecule has 2 saturated carbocycles. The van der Waals surface area contributed by atoms with Crippen LogP contribution in [0.1, 0.15) is 49.7 Å². The lowest BCUT2D eigenvalue weighted by Gasteiger charge is -2.38. The molecular weight excluding hydrogens is 511 g/mol. The fourth-order valence-corrected chi connectivity index (χ4v) is 6.55. The third-order valence-electron chi connectivity index (χ3n) is 7.99. The summed E-state index contributed by atoms with van der Waals surface area (Å²) >= 11 is 6.74. The number of carbonyl (C=O) groups excluding carboxylic acids is 2. The molecule has 3 atom stereocenters. The number of fused-ring (bicyclic) bond motifs is 1. The van der Waals surface area contributed by atoms with Crippen LogP contribution in [-0.2, 0) is 14.3 Å². The first-order chi connectivity index (χ1) is 17.2. The van der Waals surface area contributed by atoms with Crippen molar-refractivity contribution in [2.75, 3.05) is 26.0 Å². The quantitative estimate of drug-likeness (QED) is 0.425. The number of anilines is 1. The second-order valence-corrected chi connectivity index (χ2v) is 11.2. The Morgan fingerprint density at radius 1 is 1.16 bits per heavy atom. The molecule has 1 spiro atoms. The number of nitrogens with zero attached hydrogens (tertiary/aromatic N) is 1. The van der Waals surface area contributed by atoms with E-state index in [1.807, 2.05) is 51.4 Å². The van der Waals surface area contributed by atoms with Gasteiger partial charge < -0.3 is 20.1 Å². The van der Waals surface area contributed by atoms with Crippen molar-refractivity contribution in [2.24, 2.45) is 11.8 Å². The maximum Gasteiger partial charge on any atom is 0.343 e. The molecular formula is C29H34Cl2N2O4. The lowest BCUT2D eigenvalue weighted by Crippen LogP contribution is -2.40. The topological polar surface area (TPSA) is 78.9 Å². The molecule has 2 aromatic rings. The number of hydrogen-bond acceptors (Lipinski definition) is 5. The van der Waals surface area contributed by atoms with Crippen LogP contribution in [0.5, 0.6) is 0 Å². The molecule has 0 saturated heterocycles. The average Bonchev–Trinajstić information content (AvgIpc) is 3.36. The summed E-state index contributed by atoms with van der Waals surface area (Å²) in [6.07, 6.45) is 5.95. The zero-order valence-corrected chi connectivity index (χ0v) is 23.0. The number of likely N-dealkylation sites (N-methyl/N-ethyl adjacent to an activating group) is 1. The zero-order chi connectivity index (χ0) is 25.6. The van der Waals surface area contributed by atoms with E-state index in [0.717, 1.165) is 29.5 Å². The number of aryl methyl sites for hydroxylation is 1. The predicted molar refractivity (Wildman–Crippen MR) is 149 cm³/mol. The van der Waals surface area contributed by atoms with Crippen molar-refractivity contribution in [2.45, 2.75) is 51.0 Å². The highest BCUT2D eigenvalue weighted by Crippen LogP contribution is 2.53. The van der Waals surface area contributed by atoms with E-state index in [1.165, 1.54) is 12.8 Å². The Balaban J connectivity index is 0.00000320. The van der Waals surface area contributed by atoms with Crippen LogP contribution >= 0.6 is 24.0 Å². The van der Waals surface area contributed by atoms with E-state index in [4.69, 9.17) is 16.3 Å². The lowest BCUT2D eigenvalue weighted by molar-refractivity contribution is -0.152. The molecule has 37 heavy (non-hydrogen) atoms. The first-order valence-corrected chi connectivity index (χ1v) is 13.1. The summed E-state index contributed by atoms with van der Waals surface area (Å²) in [6.45, 7) is 2.20. The fourth-order valence-electron chi connectivity index (χ4n) is 6.28. The highest BCUT2D eigenvalue weighted by Gasteiger charge is 2.53. The number of carbonyl (C=O) groups is 2. The molecule has 0 aromatic heterocycles. The minimum absolute atomic E-state index is 0. The van der Waals surface area contributed by atoms with Gasteiger partial charge in [0, 0.05) is 16.3 Å². The monoisotopic (exact) mass is 544 g/mol. The van der Waals surface area contributed by atoms with Gasteiger partial charge in [-0.3, -0.25) is 4.79 Å². The maximum atomic E-state index is 13.1. The van der Waals surface area contributed by atoms with Gasteiger partial charge in [0.2, 0.25) is 5.91 Å². The SMILES string of the molecule is Cc1cc(-c2cccc(NC(=O)CN(C)C)c2)c(Cl)cc1C1=C(O)[C@]2(CC[C@@H]3CCC[C@@H]3C2)OC1=O.Cl. The van der Waals surface area contributed by atoms with Crippen LogP contribution in [0.25, 0.3) is 16.7 Å². The third kappa shape index (κ3) is 5.25. The molecule has 1 amide bonds. The van der Waals surface area contributed by atoms with Gasteiger partial charge in [0.25, 0.3) is 0 Å². The van der Waals surface area contributed by atoms with Gasteiger partial charge in [-0.15, -0.1) is 12.4 Å². The third-order valence-corrected chi connectivity index (χ3v) is 8.30. The number of halogens is 2. The molecule has 2 N–H and O–H groups in total. The lowest BCUT2D eigenvalue weighted by atomic mass is 9.72. The molecule has 8 heteroatoms. The number of rotatable bonds is 5. The minimum atomic E-state index is -0.894. The molecule has 0 unspecified atom stereocenters. The van der Waals surface area contributed by atoms with Crippen molar-refractivity contribution < 1.29 is 19.4 Å². The van der Waals surface area contributed by atoms with E-state index in [2.05, 4.69) is 5.32 Å². The number of esters is 1. The Hall–Kier alpha value is -2.54. The molecule has 2 aliphatic carbocycles. The predicted octanol–water partition coefficient (Wildman–Crippen LogP) is 6.40. The molecule has 3 aliphatic rings. The van der Waals surface area contributed by atoms with Crippen molar-refractivity contribution in [1.29, 1.82) is 0 Å². The fraction of sp³-hybridized carbons (Fsp3) is 0.448. The van der Waals surface area contributed by atoms with Crippen molar-refractivity contribution in [3.63, 3.8) is 0 Å². The summed E-state index contributed by atoms with van der Waals surface area (Å²) in [7, 11) is 3.68. The molecule has 6 nitrogen and oxygen atoms in total. The van der Waals surface area contributed by atoms with Crippen molar-refractivity contribution in [3.8, 4) is 11.1 Å². The van der Waals surface area contributed by atoms with Crippen LogP contribution in [0.2, 0.25) is 5.02 Å². The van der Waals surface area contributed by atoms with Crippen LogP contribution in [0.15, 0.2) is 42.2 Å². The van der Waals surface area contributed by atoms with Crippen LogP contribution in [0.4, 0.5) is 5.69 Å². The first-order valence-electron chi connectivity index (χ1n) is 12.7. The number of benzene rings is 2. The van der Waals surface area contributed by atoms with Gasteiger partial charge in [-0.2, -0.15) is 0 Å². The van der Waals surface area contributed by atoms with E-state index in [1.54, 1.807) is 11.0 Å². The Bertz CT molecular complexity index is 1260. The molecule has 1 aliphatic heterocycles. The molecule has 2 aromatic carbocycles. The Labute approximate surface area is 229 Å². The number of ether oxygens (including phenoxy) is 1. The van der Waals surface area contributed by atoms with Gasteiger partial charge in [-0.25, -0.2) is 4.79 Å². The second-order valence-electron chi connectivity index (χ2n) is 10.8. The van der Waals surface area contributed by atoms with E-state index in [9.17, 15) is 14.7 Å². The zero-order valence-electron chi connectivity index (χ0n) is 21.5. The summed E-state index contributed by atoms with van der Waals surface area (Å²) in [4.78, 5) is 27.1. The van der Waals surface area contributed by atoms with Gasteiger partial charge in [0.1, 0.15) is 5.57 Å². The van der Waals surface area contributed by atoms with E-state index in [0.29, 0.717) is 41.0 Å². The molecule has 0 bridgehead atoms. The molecule has 2 fully saturated rings. The van der Waals surface area contributed by atoms with Crippen LogP contribution in [0.3, 0.4) is 0 Å². The molecule has 1 heterocycles. The Morgan fingerprint density at radius 3 is 2.68 bits per heavy atom. The summed E-state index contributed by atoms with van der Waals surface area (Å²) in [6, 6.07) is 11.2. The largest absolute Gasteiger partial charge is 0.507 e. The van der Waals surface area contributed by atoms with Crippen LogP contribution < -0.4 is 5.32 Å². The molecule has 198 valence electrons. The van der Waals surface area contributed by atoms with E-state index in [-0.39, 0.29) is 36.2 Å². The van der Waals surface area contributed by atoms with Gasteiger partial charge in [-0.1, -0.05) is 43.0 Å². The standard InChI is InChI=1S/C29H33ClN2O4.ClH/c1-17-12-23(19-7-5-9-21(13-19)31-25(33)16-32(2)3)24(30)14-22(17)26-27(34)29(36-28(26)35)11-10-18-6-4-8-20(18)15-29;/h5,7,9,12-14,18,20,34H,4,6,8,10-11,15-16H2,1-3H3,(H,31,33);1H/t18-,20+,29+;/m0./s1. The van der Waals surface area contributed by atoms with Gasteiger partial charge in [0.05, 0.1) is 6.54 Å². The van der Waals surface area contributed by atoms with Crippen LogP contribution in [-0.4, -0.2) is 48.1 Å². The number of nitrogens with one attached hydrogen (secondary N) is 1. The van der Waals surface area contributed by atoms with E-state index < -0.39 is 11.6 Å². The molecule has 5 rings (SSSR count). The van der Waals surface area contributed by atoms with Crippen molar-refractivity contribution in [3.05, 3.63) is 58.3 Å². The smallest absolute Gasteiger partial charge is 0.343 e. The van der Waals surface area contributed by atoms with E-state index >= 15 is 0 Å². The molecule has 0 radical (unpaired) electrons. The van der Waals surface area contributed by atoms with Gasteiger partial charge >= 0.3 is 5.97 Å². The summed E-state index contributed by atoms with van der Waals surface area (Å²) < 4.78 is 5.92. The van der Waals surface area contributed by atoms with Gasteiger partial charge in [0.15, 0.2) is 11.4 Å². The van der Waals surface area contributed by atoms with Crippen molar-refractivity contribution >= 4 is 47.1 Å². The average molecular weight is 546 g/mol. The summed E-state index contributed by atoms with van der Waals surface area (Å²) in [5.74, 6) is 0.685.